The van der Waals surface area contributed by atoms with E-state index in [0.717, 1.165) is 16.7 Å². The summed E-state index contributed by atoms with van der Waals surface area (Å²) < 4.78 is 0. The first-order valence-corrected chi connectivity index (χ1v) is 6.25. The smallest absolute Gasteiger partial charge is 0.284 e. The van der Waals surface area contributed by atoms with Crippen LogP contribution in [0.25, 0.3) is 22.4 Å². The molecule has 0 atom stereocenters. The van der Waals surface area contributed by atoms with Gasteiger partial charge in [0.2, 0.25) is 0 Å². The molecule has 0 aliphatic carbocycles. The van der Waals surface area contributed by atoms with Gasteiger partial charge in [-0.25, -0.2) is 4.98 Å². The number of carbonyl (C=O) groups excluding carboxylic acids is 1. The monoisotopic (exact) mass is 263 g/mol. The van der Waals surface area contributed by atoms with Crippen molar-refractivity contribution in [3.63, 3.8) is 0 Å². The number of hydrogen-bond donors (Lipinski definition) is 2. The first-order valence-electron chi connectivity index (χ1n) is 6.25. The Morgan fingerprint density at radius 3 is 2.35 bits per heavy atom. The zero-order valence-corrected chi connectivity index (χ0v) is 10.7. The van der Waals surface area contributed by atoms with Gasteiger partial charge in [-0.3, -0.25) is 4.79 Å². The highest BCUT2D eigenvalue weighted by atomic mass is 16.1. The minimum Gasteiger partial charge on any atom is -0.363 e. The topological polar surface area (TPSA) is 71.8 Å². The minimum absolute atomic E-state index is 0.171. The number of amides is 1. The summed E-state index contributed by atoms with van der Waals surface area (Å²) in [5.74, 6) is -0.388. The molecule has 1 amide bonds. The number of H-pyrrole nitrogens is 1. The second-order valence-corrected chi connectivity index (χ2v) is 4.45. The number of nitrogens with one attached hydrogen (secondary N) is 1. The van der Waals surface area contributed by atoms with E-state index in [1.54, 1.807) is 6.20 Å². The maximum Gasteiger partial charge on any atom is 0.284 e. The summed E-state index contributed by atoms with van der Waals surface area (Å²) >= 11 is 0. The van der Waals surface area contributed by atoms with E-state index in [1.807, 2.05) is 42.5 Å². The lowest BCUT2D eigenvalue weighted by Gasteiger charge is -2.03. The fourth-order valence-corrected chi connectivity index (χ4v) is 2.08. The molecule has 3 N–H and O–H groups in total. The number of aromatic amines is 1. The molecule has 0 spiro atoms. The molecule has 0 radical (unpaired) electrons. The Morgan fingerprint density at radius 2 is 1.65 bits per heavy atom. The first-order chi connectivity index (χ1) is 9.74. The molecule has 1 aromatic heterocycles. The zero-order chi connectivity index (χ0) is 13.9. The maximum atomic E-state index is 11.1. The predicted octanol–water partition coefficient (Wildman–Crippen LogP) is 2.84. The van der Waals surface area contributed by atoms with Gasteiger partial charge in [-0.15, -0.1) is 0 Å². The lowest BCUT2D eigenvalue weighted by molar-refractivity contribution is 0.0991. The van der Waals surface area contributed by atoms with E-state index in [2.05, 4.69) is 22.1 Å². The van der Waals surface area contributed by atoms with Crippen molar-refractivity contribution in [1.29, 1.82) is 0 Å². The summed E-state index contributed by atoms with van der Waals surface area (Å²) in [6, 6.07) is 18.1. The van der Waals surface area contributed by atoms with E-state index in [1.165, 1.54) is 0 Å². The van der Waals surface area contributed by atoms with Gasteiger partial charge in [-0.1, -0.05) is 48.5 Å². The molecule has 0 aliphatic rings. The van der Waals surface area contributed by atoms with Gasteiger partial charge >= 0.3 is 0 Å². The molecule has 0 saturated carbocycles. The highest BCUT2D eigenvalue weighted by Crippen LogP contribution is 2.25. The number of rotatable bonds is 3. The third-order valence-corrected chi connectivity index (χ3v) is 3.08. The highest BCUT2D eigenvalue weighted by molar-refractivity contribution is 5.89. The molecular weight excluding hydrogens is 250 g/mol. The SMILES string of the molecule is NC(=O)c1nc(-c2cccc(-c3ccccc3)c2)c[nH]1. The van der Waals surface area contributed by atoms with Gasteiger partial charge < -0.3 is 10.7 Å². The maximum absolute atomic E-state index is 11.1. The van der Waals surface area contributed by atoms with Crippen LogP contribution in [0.2, 0.25) is 0 Å². The number of imidazole rings is 1. The molecule has 3 aromatic rings. The quantitative estimate of drug-likeness (QED) is 0.762. The first kappa shape index (κ1) is 12.2. The molecule has 20 heavy (non-hydrogen) atoms. The lowest BCUT2D eigenvalue weighted by Crippen LogP contribution is -2.12. The number of carbonyl (C=O) groups is 1. The average Bonchev–Trinajstić information content (AvgIpc) is 2.98. The number of hydrogen-bond acceptors (Lipinski definition) is 2. The molecule has 2 aromatic carbocycles. The van der Waals surface area contributed by atoms with Gasteiger partial charge in [-0.2, -0.15) is 0 Å². The summed E-state index contributed by atoms with van der Waals surface area (Å²) in [4.78, 5) is 18.0. The van der Waals surface area contributed by atoms with E-state index < -0.39 is 5.91 Å². The van der Waals surface area contributed by atoms with Gasteiger partial charge in [0.05, 0.1) is 5.69 Å². The van der Waals surface area contributed by atoms with Crippen molar-refractivity contribution in [2.45, 2.75) is 0 Å². The predicted molar refractivity (Wildman–Crippen MR) is 78.0 cm³/mol. The van der Waals surface area contributed by atoms with Crippen molar-refractivity contribution < 1.29 is 4.79 Å². The van der Waals surface area contributed by atoms with Crippen LogP contribution < -0.4 is 5.73 Å². The van der Waals surface area contributed by atoms with Crippen molar-refractivity contribution >= 4 is 5.91 Å². The average molecular weight is 263 g/mol. The number of benzene rings is 2. The molecule has 4 heteroatoms. The van der Waals surface area contributed by atoms with Crippen LogP contribution in [-0.4, -0.2) is 15.9 Å². The molecule has 3 rings (SSSR count). The van der Waals surface area contributed by atoms with E-state index in [-0.39, 0.29) is 5.82 Å². The fourth-order valence-electron chi connectivity index (χ4n) is 2.08. The number of aromatic nitrogens is 2. The van der Waals surface area contributed by atoms with Gasteiger partial charge in [0.15, 0.2) is 5.82 Å². The Morgan fingerprint density at radius 1 is 0.950 bits per heavy atom. The normalized spacial score (nSPS) is 10.4. The Kier molecular flexibility index (Phi) is 3.05. The van der Waals surface area contributed by atoms with Crippen LogP contribution in [0.4, 0.5) is 0 Å². The van der Waals surface area contributed by atoms with Crippen LogP contribution in [0.5, 0.6) is 0 Å². The van der Waals surface area contributed by atoms with Gasteiger partial charge in [0.1, 0.15) is 0 Å². The molecule has 0 fully saturated rings. The van der Waals surface area contributed by atoms with E-state index in [0.29, 0.717) is 5.69 Å². The molecule has 0 bridgehead atoms. The van der Waals surface area contributed by atoms with E-state index in [9.17, 15) is 4.79 Å². The Hall–Kier alpha value is -2.88. The number of primary amides is 1. The molecule has 98 valence electrons. The van der Waals surface area contributed by atoms with Crippen molar-refractivity contribution in [2.24, 2.45) is 5.73 Å². The summed E-state index contributed by atoms with van der Waals surface area (Å²) in [7, 11) is 0. The van der Waals surface area contributed by atoms with Crippen molar-refractivity contribution in [2.75, 3.05) is 0 Å². The van der Waals surface area contributed by atoms with Crippen LogP contribution in [-0.2, 0) is 0 Å². The summed E-state index contributed by atoms with van der Waals surface area (Å²) in [6.07, 6.45) is 1.68. The fraction of sp³-hybridized carbons (Fsp3) is 0. The molecule has 0 aliphatic heterocycles. The lowest BCUT2D eigenvalue weighted by atomic mass is 10.0. The van der Waals surface area contributed by atoms with E-state index >= 15 is 0 Å². The summed E-state index contributed by atoms with van der Waals surface area (Å²) in [5.41, 5.74) is 9.08. The van der Waals surface area contributed by atoms with E-state index in [4.69, 9.17) is 5.73 Å². The van der Waals surface area contributed by atoms with Crippen molar-refractivity contribution in [3.8, 4) is 22.4 Å². The van der Waals surface area contributed by atoms with Crippen LogP contribution >= 0.6 is 0 Å². The largest absolute Gasteiger partial charge is 0.363 e. The van der Waals surface area contributed by atoms with Gasteiger partial charge in [0.25, 0.3) is 5.91 Å². The van der Waals surface area contributed by atoms with Crippen molar-refractivity contribution in [1.82, 2.24) is 9.97 Å². The zero-order valence-electron chi connectivity index (χ0n) is 10.7. The summed E-state index contributed by atoms with van der Waals surface area (Å²) in [6.45, 7) is 0. The summed E-state index contributed by atoms with van der Waals surface area (Å²) in [5, 5.41) is 0. The van der Waals surface area contributed by atoms with Crippen LogP contribution in [0.15, 0.2) is 60.8 Å². The molecule has 0 saturated heterocycles. The van der Waals surface area contributed by atoms with Crippen LogP contribution in [0.3, 0.4) is 0 Å². The third kappa shape index (κ3) is 2.31. The molecular formula is C16H13N3O. The van der Waals surface area contributed by atoms with Gasteiger partial charge in [-0.05, 0) is 17.2 Å². The highest BCUT2D eigenvalue weighted by Gasteiger charge is 2.08. The second kappa shape index (κ2) is 5.01. The molecule has 4 nitrogen and oxygen atoms in total. The van der Waals surface area contributed by atoms with Crippen molar-refractivity contribution in [3.05, 3.63) is 66.6 Å². The molecule has 1 heterocycles. The number of nitrogens with two attached hydrogens (primary N) is 1. The Balaban J connectivity index is 2.01. The van der Waals surface area contributed by atoms with Crippen LogP contribution in [0.1, 0.15) is 10.6 Å². The minimum atomic E-state index is -0.560. The standard InChI is InChI=1S/C16H13N3O/c17-15(20)16-18-10-14(19-16)13-8-4-7-12(9-13)11-5-2-1-3-6-11/h1-10H,(H2,17,20)(H,18,19). The van der Waals surface area contributed by atoms with Gasteiger partial charge in [0, 0.05) is 11.8 Å². The molecule has 0 unspecified atom stereocenters. The van der Waals surface area contributed by atoms with Crippen LogP contribution in [0, 0.1) is 0 Å². The number of nitrogens with zero attached hydrogens (tertiary/aromatic N) is 1. The second-order valence-electron chi connectivity index (χ2n) is 4.45. The Labute approximate surface area is 116 Å². The Bertz CT molecular complexity index is 747. The third-order valence-electron chi connectivity index (χ3n) is 3.08.